The standard InChI is InChI=1S/C13H13N5/c14-10-3-4-11-12(6-10)18-13(17-11)16-8-9-2-1-5-15-7-9/h1-7H,8,14H2,(H2,16,17,18). The first-order valence-electron chi connectivity index (χ1n) is 5.69. The second kappa shape index (κ2) is 4.37. The van der Waals surface area contributed by atoms with Crippen LogP contribution in [-0.2, 0) is 6.54 Å². The number of nitrogens with zero attached hydrogens (tertiary/aromatic N) is 2. The van der Waals surface area contributed by atoms with Crippen LogP contribution in [-0.4, -0.2) is 15.0 Å². The Labute approximate surface area is 104 Å². The topological polar surface area (TPSA) is 79.6 Å². The van der Waals surface area contributed by atoms with Crippen molar-refractivity contribution in [1.29, 1.82) is 0 Å². The van der Waals surface area contributed by atoms with Crippen molar-refractivity contribution in [3.05, 3.63) is 48.3 Å². The fourth-order valence-corrected chi connectivity index (χ4v) is 1.80. The lowest BCUT2D eigenvalue weighted by Gasteiger charge is -2.01. The van der Waals surface area contributed by atoms with Gasteiger partial charge in [0.15, 0.2) is 0 Å². The first-order chi connectivity index (χ1) is 8.81. The van der Waals surface area contributed by atoms with Gasteiger partial charge in [-0.05, 0) is 29.8 Å². The lowest BCUT2D eigenvalue weighted by Crippen LogP contribution is -2.00. The van der Waals surface area contributed by atoms with Crippen LogP contribution in [0.15, 0.2) is 42.7 Å². The lowest BCUT2D eigenvalue weighted by molar-refractivity contribution is 1.08. The molecule has 2 aromatic heterocycles. The molecule has 5 heteroatoms. The number of nitrogens with two attached hydrogens (primary N) is 1. The summed E-state index contributed by atoms with van der Waals surface area (Å²) in [4.78, 5) is 11.7. The van der Waals surface area contributed by atoms with Gasteiger partial charge >= 0.3 is 0 Å². The van der Waals surface area contributed by atoms with Crippen molar-refractivity contribution in [2.24, 2.45) is 0 Å². The summed E-state index contributed by atoms with van der Waals surface area (Å²) in [7, 11) is 0. The average molecular weight is 239 g/mol. The zero-order valence-corrected chi connectivity index (χ0v) is 9.72. The molecule has 1 aromatic carbocycles. The fourth-order valence-electron chi connectivity index (χ4n) is 1.80. The molecule has 0 aliphatic rings. The summed E-state index contributed by atoms with van der Waals surface area (Å²) < 4.78 is 0. The Morgan fingerprint density at radius 2 is 2.22 bits per heavy atom. The Balaban J connectivity index is 1.79. The first kappa shape index (κ1) is 10.6. The molecule has 0 saturated carbocycles. The Bertz CT molecular complexity index is 659. The van der Waals surface area contributed by atoms with Gasteiger partial charge in [0, 0.05) is 24.6 Å². The zero-order chi connectivity index (χ0) is 12.4. The number of imidazole rings is 1. The van der Waals surface area contributed by atoms with E-state index in [1.807, 2.05) is 36.5 Å². The number of benzene rings is 1. The molecule has 0 aliphatic heterocycles. The number of pyridine rings is 1. The highest BCUT2D eigenvalue weighted by atomic mass is 15.1. The average Bonchev–Trinajstić information content (AvgIpc) is 2.79. The molecule has 5 nitrogen and oxygen atoms in total. The van der Waals surface area contributed by atoms with Gasteiger partial charge in [0.2, 0.25) is 5.95 Å². The van der Waals surface area contributed by atoms with E-state index in [2.05, 4.69) is 20.3 Å². The predicted molar refractivity (Wildman–Crippen MR) is 72.1 cm³/mol. The third kappa shape index (κ3) is 2.10. The maximum absolute atomic E-state index is 5.72. The smallest absolute Gasteiger partial charge is 0.201 e. The van der Waals surface area contributed by atoms with Crippen molar-refractivity contribution >= 4 is 22.7 Å². The number of fused-ring (bicyclic) bond motifs is 1. The zero-order valence-electron chi connectivity index (χ0n) is 9.72. The molecule has 18 heavy (non-hydrogen) atoms. The maximum atomic E-state index is 5.72. The van der Waals surface area contributed by atoms with E-state index in [0.29, 0.717) is 6.54 Å². The highest BCUT2D eigenvalue weighted by Crippen LogP contribution is 2.17. The van der Waals surface area contributed by atoms with Crippen molar-refractivity contribution < 1.29 is 0 Å². The number of hydrogen-bond donors (Lipinski definition) is 3. The van der Waals surface area contributed by atoms with Crippen molar-refractivity contribution in [3.63, 3.8) is 0 Å². The number of H-pyrrole nitrogens is 1. The number of nitrogens with one attached hydrogen (secondary N) is 2. The Morgan fingerprint density at radius 3 is 3.06 bits per heavy atom. The molecule has 0 unspecified atom stereocenters. The Kier molecular flexibility index (Phi) is 2.57. The van der Waals surface area contributed by atoms with Crippen molar-refractivity contribution in [3.8, 4) is 0 Å². The first-order valence-corrected chi connectivity index (χ1v) is 5.69. The van der Waals surface area contributed by atoms with Crippen LogP contribution in [0.3, 0.4) is 0 Å². The van der Waals surface area contributed by atoms with Gasteiger partial charge in [-0.3, -0.25) is 4.98 Å². The normalized spacial score (nSPS) is 10.7. The largest absolute Gasteiger partial charge is 0.399 e. The van der Waals surface area contributed by atoms with E-state index < -0.39 is 0 Å². The van der Waals surface area contributed by atoms with Crippen LogP contribution in [0.5, 0.6) is 0 Å². The van der Waals surface area contributed by atoms with Gasteiger partial charge in [-0.2, -0.15) is 0 Å². The van der Waals surface area contributed by atoms with Gasteiger partial charge in [0.1, 0.15) is 0 Å². The van der Waals surface area contributed by atoms with E-state index in [1.165, 1.54) is 0 Å². The number of hydrogen-bond acceptors (Lipinski definition) is 4. The number of aromatic nitrogens is 3. The molecule has 0 bridgehead atoms. The minimum absolute atomic E-state index is 0.684. The van der Waals surface area contributed by atoms with E-state index in [1.54, 1.807) is 6.20 Å². The summed E-state index contributed by atoms with van der Waals surface area (Å²) in [5, 5.41) is 3.22. The van der Waals surface area contributed by atoms with Gasteiger partial charge < -0.3 is 16.0 Å². The predicted octanol–water partition coefficient (Wildman–Crippen LogP) is 2.15. The highest BCUT2D eigenvalue weighted by Gasteiger charge is 2.02. The fraction of sp³-hybridized carbons (Fsp3) is 0.0769. The Hall–Kier alpha value is -2.56. The SMILES string of the molecule is Nc1ccc2nc(NCc3cccnc3)[nH]c2c1. The molecule has 0 amide bonds. The second-order valence-corrected chi connectivity index (χ2v) is 4.08. The van der Waals surface area contributed by atoms with Crippen LogP contribution in [0, 0.1) is 0 Å². The molecule has 0 aliphatic carbocycles. The van der Waals surface area contributed by atoms with Crippen LogP contribution in [0.1, 0.15) is 5.56 Å². The molecule has 0 fully saturated rings. The third-order valence-corrected chi connectivity index (χ3v) is 2.69. The van der Waals surface area contributed by atoms with Gasteiger partial charge in [0.05, 0.1) is 11.0 Å². The molecule has 2 heterocycles. The molecular weight excluding hydrogens is 226 g/mol. The number of rotatable bonds is 3. The highest BCUT2D eigenvalue weighted by molar-refractivity contribution is 5.80. The van der Waals surface area contributed by atoms with Crippen LogP contribution in [0.2, 0.25) is 0 Å². The summed E-state index contributed by atoms with van der Waals surface area (Å²) >= 11 is 0. The van der Waals surface area contributed by atoms with Gasteiger partial charge in [-0.15, -0.1) is 0 Å². The summed E-state index contributed by atoms with van der Waals surface area (Å²) in [6, 6.07) is 9.54. The van der Waals surface area contributed by atoms with Crippen molar-refractivity contribution in [2.75, 3.05) is 11.1 Å². The molecule has 0 radical (unpaired) electrons. The minimum Gasteiger partial charge on any atom is -0.399 e. The molecule has 3 aromatic rings. The number of anilines is 2. The molecular formula is C13H13N5. The summed E-state index contributed by atoms with van der Waals surface area (Å²) in [6.07, 6.45) is 3.58. The Morgan fingerprint density at radius 1 is 1.28 bits per heavy atom. The van der Waals surface area contributed by atoms with E-state index in [4.69, 9.17) is 5.73 Å². The molecule has 3 rings (SSSR count). The second-order valence-electron chi connectivity index (χ2n) is 4.08. The molecule has 90 valence electrons. The quantitative estimate of drug-likeness (QED) is 0.612. The van der Waals surface area contributed by atoms with E-state index in [9.17, 15) is 0 Å². The van der Waals surface area contributed by atoms with Crippen molar-refractivity contribution in [1.82, 2.24) is 15.0 Å². The summed E-state index contributed by atoms with van der Waals surface area (Å²) in [5.41, 5.74) is 9.39. The monoisotopic (exact) mass is 239 g/mol. The van der Waals surface area contributed by atoms with Crippen LogP contribution in [0.4, 0.5) is 11.6 Å². The third-order valence-electron chi connectivity index (χ3n) is 2.69. The molecule has 0 spiro atoms. The van der Waals surface area contributed by atoms with E-state index in [0.717, 1.165) is 28.2 Å². The van der Waals surface area contributed by atoms with E-state index in [-0.39, 0.29) is 0 Å². The summed E-state index contributed by atoms with van der Waals surface area (Å²) in [5.74, 6) is 0.736. The molecule has 0 saturated heterocycles. The maximum Gasteiger partial charge on any atom is 0.201 e. The summed E-state index contributed by atoms with van der Waals surface area (Å²) in [6.45, 7) is 0.684. The van der Waals surface area contributed by atoms with Crippen molar-refractivity contribution in [2.45, 2.75) is 6.54 Å². The van der Waals surface area contributed by atoms with Crippen LogP contribution in [0.25, 0.3) is 11.0 Å². The van der Waals surface area contributed by atoms with Gasteiger partial charge in [-0.1, -0.05) is 6.07 Å². The molecule has 0 atom stereocenters. The number of aromatic amines is 1. The lowest BCUT2D eigenvalue weighted by atomic mass is 10.3. The van der Waals surface area contributed by atoms with Crippen LogP contribution < -0.4 is 11.1 Å². The van der Waals surface area contributed by atoms with E-state index >= 15 is 0 Å². The van der Waals surface area contributed by atoms with Gasteiger partial charge in [0.25, 0.3) is 0 Å². The van der Waals surface area contributed by atoms with Gasteiger partial charge in [-0.25, -0.2) is 4.98 Å². The number of nitrogen functional groups attached to an aromatic ring is 1. The minimum atomic E-state index is 0.684. The molecule has 4 N–H and O–H groups in total. The van der Waals surface area contributed by atoms with Crippen LogP contribution >= 0.6 is 0 Å².